The van der Waals surface area contributed by atoms with Gasteiger partial charge in [-0.2, -0.15) is 4.31 Å². The third-order valence-corrected chi connectivity index (χ3v) is 8.41. The Balaban J connectivity index is 1.41. The Morgan fingerprint density at radius 2 is 1.69 bits per heavy atom. The summed E-state index contributed by atoms with van der Waals surface area (Å²) in [4.78, 5) is 18.7. The standard InChI is InChI=1S/C21H27N3O3S2/c25-21(23-13-11-22(12-14-23)17-19-7-5-15-28-19)18-6-4-8-20(16-18)29(26,27)24-9-2-1-3-10-24/h4-8,15-16H,1-3,9-14,17H2. The van der Waals surface area contributed by atoms with Gasteiger partial charge >= 0.3 is 0 Å². The minimum absolute atomic E-state index is 0.0866. The van der Waals surface area contributed by atoms with Crippen LogP contribution in [0, 0.1) is 0 Å². The molecule has 2 aromatic rings. The molecule has 29 heavy (non-hydrogen) atoms. The van der Waals surface area contributed by atoms with Crippen LogP contribution in [0.3, 0.4) is 0 Å². The predicted molar refractivity (Wildman–Crippen MR) is 115 cm³/mol. The molecule has 2 fully saturated rings. The molecule has 0 radical (unpaired) electrons. The molecule has 3 heterocycles. The van der Waals surface area contributed by atoms with Crippen molar-refractivity contribution in [2.75, 3.05) is 39.3 Å². The second-order valence-corrected chi connectivity index (χ2v) is 10.6. The Morgan fingerprint density at radius 3 is 2.38 bits per heavy atom. The van der Waals surface area contributed by atoms with Crippen LogP contribution < -0.4 is 0 Å². The van der Waals surface area contributed by atoms with Crippen LogP contribution in [-0.2, 0) is 16.6 Å². The summed E-state index contributed by atoms with van der Waals surface area (Å²) in [7, 11) is -3.53. The molecule has 0 aliphatic carbocycles. The van der Waals surface area contributed by atoms with Gasteiger partial charge < -0.3 is 4.90 Å². The van der Waals surface area contributed by atoms with Crippen LogP contribution in [-0.4, -0.2) is 67.7 Å². The van der Waals surface area contributed by atoms with Gasteiger partial charge in [-0.1, -0.05) is 18.6 Å². The van der Waals surface area contributed by atoms with Crippen LogP contribution in [0.1, 0.15) is 34.5 Å². The zero-order valence-electron chi connectivity index (χ0n) is 16.5. The highest BCUT2D eigenvalue weighted by atomic mass is 32.2. The highest BCUT2D eigenvalue weighted by Gasteiger charge is 2.28. The smallest absolute Gasteiger partial charge is 0.253 e. The van der Waals surface area contributed by atoms with Crippen LogP contribution in [0.4, 0.5) is 0 Å². The van der Waals surface area contributed by atoms with E-state index in [9.17, 15) is 13.2 Å². The number of thiophene rings is 1. The second kappa shape index (κ2) is 8.95. The number of amides is 1. The number of piperazine rings is 1. The van der Waals surface area contributed by atoms with E-state index in [-0.39, 0.29) is 10.8 Å². The first-order valence-electron chi connectivity index (χ1n) is 10.2. The van der Waals surface area contributed by atoms with E-state index in [2.05, 4.69) is 22.4 Å². The molecule has 2 aliphatic rings. The van der Waals surface area contributed by atoms with E-state index in [1.165, 1.54) is 4.88 Å². The summed E-state index contributed by atoms with van der Waals surface area (Å²) in [5.74, 6) is -0.0866. The molecule has 0 saturated carbocycles. The molecule has 1 aromatic heterocycles. The van der Waals surface area contributed by atoms with Gasteiger partial charge in [0.25, 0.3) is 5.91 Å². The fourth-order valence-electron chi connectivity index (χ4n) is 3.96. The number of benzene rings is 1. The molecule has 0 spiro atoms. The molecule has 0 N–H and O–H groups in total. The number of piperidine rings is 1. The molecule has 2 aliphatic heterocycles. The molecule has 0 atom stereocenters. The van der Waals surface area contributed by atoms with Crippen molar-refractivity contribution < 1.29 is 13.2 Å². The van der Waals surface area contributed by atoms with Crippen LogP contribution in [0.5, 0.6) is 0 Å². The molecule has 2 saturated heterocycles. The predicted octanol–water partition coefficient (Wildman–Crippen LogP) is 2.88. The van der Waals surface area contributed by atoms with Crippen LogP contribution in [0.15, 0.2) is 46.7 Å². The van der Waals surface area contributed by atoms with Crippen LogP contribution in [0.2, 0.25) is 0 Å². The summed E-state index contributed by atoms with van der Waals surface area (Å²) in [6.07, 6.45) is 2.87. The lowest BCUT2D eigenvalue weighted by atomic mass is 10.2. The van der Waals surface area contributed by atoms with Crippen molar-refractivity contribution in [3.05, 3.63) is 52.2 Å². The van der Waals surface area contributed by atoms with Crippen molar-refractivity contribution >= 4 is 27.3 Å². The van der Waals surface area contributed by atoms with Crippen LogP contribution in [0.25, 0.3) is 0 Å². The van der Waals surface area contributed by atoms with Crippen molar-refractivity contribution in [2.24, 2.45) is 0 Å². The van der Waals surface area contributed by atoms with E-state index < -0.39 is 10.0 Å². The monoisotopic (exact) mass is 433 g/mol. The van der Waals surface area contributed by atoms with E-state index in [1.807, 2.05) is 4.90 Å². The van der Waals surface area contributed by atoms with Gasteiger partial charge in [0.2, 0.25) is 10.0 Å². The second-order valence-electron chi connectivity index (χ2n) is 7.64. The fraction of sp³-hybridized carbons (Fsp3) is 0.476. The number of rotatable bonds is 5. The third kappa shape index (κ3) is 4.71. The van der Waals surface area contributed by atoms with Gasteiger partial charge in [0, 0.05) is 56.3 Å². The van der Waals surface area contributed by atoms with Crippen molar-refractivity contribution in [3.8, 4) is 0 Å². The number of hydrogen-bond acceptors (Lipinski definition) is 5. The first-order chi connectivity index (χ1) is 14.0. The zero-order chi connectivity index (χ0) is 20.3. The Morgan fingerprint density at radius 1 is 0.931 bits per heavy atom. The van der Waals surface area contributed by atoms with Gasteiger partial charge in [-0.05, 0) is 42.5 Å². The number of sulfonamides is 1. The van der Waals surface area contributed by atoms with Gasteiger partial charge in [-0.25, -0.2) is 8.42 Å². The van der Waals surface area contributed by atoms with Gasteiger partial charge in [0.1, 0.15) is 0 Å². The molecular formula is C21H27N3O3S2. The van der Waals surface area contributed by atoms with Crippen molar-refractivity contribution in [1.82, 2.24) is 14.1 Å². The summed E-state index contributed by atoms with van der Waals surface area (Å²) in [6, 6.07) is 10.7. The highest BCUT2D eigenvalue weighted by molar-refractivity contribution is 7.89. The van der Waals surface area contributed by atoms with E-state index in [0.717, 1.165) is 38.9 Å². The maximum Gasteiger partial charge on any atom is 0.253 e. The molecular weight excluding hydrogens is 406 g/mol. The lowest BCUT2D eigenvalue weighted by Gasteiger charge is -2.34. The van der Waals surface area contributed by atoms with Gasteiger partial charge in [-0.15, -0.1) is 11.3 Å². The summed E-state index contributed by atoms with van der Waals surface area (Å²) in [6.45, 7) is 5.02. The largest absolute Gasteiger partial charge is 0.336 e. The van der Waals surface area contributed by atoms with Gasteiger partial charge in [-0.3, -0.25) is 9.69 Å². The molecule has 1 amide bonds. The van der Waals surface area contributed by atoms with Crippen LogP contribution >= 0.6 is 11.3 Å². The zero-order valence-corrected chi connectivity index (χ0v) is 18.1. The maximum atomic E-state index is 13.0. The summed E-state index contributed by atoms with van der Waals surface area (Å²) in [5, 5.41) is 2.08. The van der Waals surface area contributed by atoms with E-state index in [4.69, 9.17) is 0 Å². The average Bonchev–Trinajstić information content (AvgIpc) is 3.27. The molecule has 4 rings (SSSR count). The molecule has 0 bridgehead atoms. The third-order valence-electron chi connectivity index (χ3n) is 5.65. The van der Waals surface area contributed by atoms with E-state index in [0.29, 0.717) is 31.7 Å². The van der Waals surface area contributed by atoms with E-state index >= 15 is 0 Å². The topological polar surface area (TPSA) is 60.9 Å². The summed E-state index contributed by atoms with van der Waals surface area (Å²) >= 11 is 1.75. The minimum Gasteiger partial charge on any atom is -0.336 e. The fourth-order valence-corrected chi connectivity index (χ4v) is 6.27. The quantitative estimate of drug-likeness (QED) is 0.728. The maximum absolute atomic E-state index is 13.0. The number of carbonyl (C=O) groups excluding carboxylic acids is 1. The Kier molecular flexibility index (Phi) is 6.34. The Labute approximate surface area is 176 Å². The normalized spacial score (nSPS) is 19.4. The van der Waals surface area contributed by atoms with Gasteiger partial charge in [0.05, 0.1) is 4.90 Å². The average molecular weight is 434 g/mol. The summed E-state index contributed by atoms with van der Waals surface area (Å²) < 4.78 is 27.4. The first-order valence-corrected chi connectivity index (χ1v) is 12.5. The minimum atomic E-state index is -3.53. The number of nitrogens with zero attached hydrogens (tertiary/aromatic N) is 3. The Hall–Kier alpha value is -1.74. The van der Waals surface area contributed by atoms with Crippen molar-refractivity contribution in [1.29, 1.82) is 0 Å². The van der Waals surface area contributed by atoms with Crippen molar-refractivity contribution in [3.63, 3.8) is 0 Å². The molecule has 6 nitrogen and oxygen atoms in total. The lowest BCUT2D eigenvalue weighted by molar-refractivity contribution is 0.0629. The lowest BCUT2D eigenvalue weighted by Crippen LogP contribution is -2.48. The molecule has 156 valence electrons. The summed E-state index contributed by atoms with van der Waals surface area (Å²) in [5.41, 5.74) is 0.454. The first kappa shape index (κ1) is 20.5. The SMILES string of the molecule is O=C(c1cccc(S(=O)(=O)N2CCCCC2)c1)N1CCN(Cc2cccs2)CC1. The Bertz CT molecular complexity index is 930. The number of carbonyl (C=O) groups is 1. The molecule has 0 unspecified atom stereocenters. The van der Waals surface area contributed by atoms with E-state index in [1.54, 1.807) is 39.9 Å². The highest BCUT2D eigenvalue weighted by Crippen LogP contribution is 2.22. The molecule has 1 aromatic carbocycles. The molecule has 8 heteroatoms. The van der Waals surface area contributed by atoms with Crippen molar-refractivity contribution in [2.45, 2.75) is 30.7 Å². The number of hydrogen-bond donors (Lipinski definition) is 0. The van der Waals surface area contributed by atoms with Gasteiger partial charge in [0.15, 0.2) is 0 Å².